The molecule has 2 nitrogen and oxygen atoms in total. The Hall–Kier alpha value is -0.220. The Morgan fingerprint density at radius 3 is 2.29 bits per heavy atom. The normalized spacial score (nSPS) is 28.3. The largest absolute Gasteiger partial charge is 0.306 e. The van der Waals surface area contributed by atoms with Gasteiger partial charge >= 0.3 is 0 Å². The minimum atomic E-state index is -2.17. The molecular weight excluding hydrogens is 186 g/mol. The molecule has 0 radical (unpaired) electrons. The summed E-state index contributed by atoms with van der Waals surface area (Å²) in [5.74, 6) is 0. The fourth-order valence-corrected chi connectivity index (χ4v) is 2.64. The summed E-state index contributed by atoms with van der Waals surface area (Å²) in [5, 5.41) is 0. The Kier molecular flexibility index (Phi) is 2.75. The van der Waals surface area contributed by atoms with Gasteiger partial charge < -0.3 is 4.90 Å². The van der Waals surface area contributed by atoms with Crippen LogP contribution in [0, 0.1) is 5.41 Å². The predicted octanol–water partition coefficient (Wildman–Crippen LogP) is 1.28. The van der Waals surface area contributed by atoms with Crippen molar-refractivity contribution in [2.75, 3.05) is 39.8 Å². The lowest BCUT2D eigenvalue weighted by molar-refractivity contribution is -0.0656. The van der Waals surface area contributed by atoms with E-state index in [1.165, 1.54) is 12.8 Å². The first-order valence-electron chi connectivity index (χ1n) is 5.29. The molecule has 0 atom stereocenters. The lowest BCUT2D eigenvalue weighted by atomic mass is 9.72. The molecule has 0 saturated carbocycles. The van der Waals surface area contributed by atoms with Crippen LogP contribution in [-0.4, -0.2) is 56.0 Å². The number of rotatable bonds is 2. The molecule has 0 bridgehead atoms. The van der Waals surface area contributed by atoms with Crippen molar-refractivity contribution < 1.29 is 8.78 Å². The predicted molar refractivity (Wildman–Crippen MR) is 51.6 cm³/mol. The highest BCUT2D eigenvalue weighted by molar-refractivity contribution is 4.97. The lowest BCUT2D eigenvalue weighted by Crippen LogP contribution is -2.60. The number of nitrogens with zero attached hydrogens (tertiary/aromatic N) is 2. The van der Waals surface area contributed by atoms with E-state index in [4.69, 9.17) is 0 Å². The van der Waals surface area contributed by atoms with E-state index in [2.05, 4.69) is 11.9 Å². The zero-order valence-electron chi connectivity index (χ0n) is 8.68. The monoisotopic (exact) mass is 204 g/mol. The van der Waals surface area contributed by atoms with Crippen molar-refractivity contribution in [1.82, 2.24) is 9.80 Å². The van der Waals surface area contributed by atoms with E-state index in [1.54, 1.807) is 0 Å². The maximum Gasteiger partial charge on any atom is 0.251 e. The number of hydrogen-bond acceptors (Lipinski definition) is 2. The van der Waals surface area contributed by atoms with Gasteiger partial charge in [-0.3, -0.25) is 4.90 Å². The average Bonchev–Trinajstić information content (AvgIpc) is 2.05. The van der Waals surface area contributed by atoms with Crippen molar-refractivity contribution in [2.24, 2.45) is 5.41 Å². The highest BCUT2D eigenvalue weighted by Crippen LogP contribution is 2.40. The fraction of sp³-hybridized carbons (Fsp3) is 1.00. The van der Waals surface area contributed by atoms with Crippen LogP contribution in [0.1, 0.15) is 12.8 Å². The third-order valence-corrected chi connectivity index (χ3v) is 3.56. The zero-order chi connectivity index (χ0) is 10.2. The van der Waals surface area contributed by atoms with Crippen molar-refractivity contribution in [3.05, 3.63) is 0 Å². The van der Waals surface area contributed by atoms with Gasteiger partial charge in [0.15, 0.2) is 0 Å². The Labute approximate surface area is 83.9 Å². The van der Waals surface area contributed by atoms with E-state index in [0.29, 0.717) is 5.41 Å². The van der Waals surface area contributed by atoms with E-state index in [9.17, 15) is 8.78 Å². The smallest absolute Gasteiger partial charge is 0.251 e. The van der Waals surface area contributed by atoms with E-state index in [-0.39, 0.29) is 6.54 Å². The first-order valence-corrected chi connectivity index (χ1v) is 5.29. The summed E-state index contributed by atoms with van der Waals surface area (Å²) in [5.41, 5.74) is 0.390. The SMILES string of the molecule is CN1CCC2(CC1)CN(CC(F)F)C2. The zero-order valence-corrected chi connectivity index (χ0v) is 8.68. The van der Waals surface area contributed by atoms with Crippen LogP contribution in [0.3, 0.4) is 0 Å². The lowest BCUT2D eigenvalue weighted by Gasteiger charge is -2.53. The van der Waals surface area contributed by atoms with Gasteiger partial charge in [-0.15, -0.1) is 0 Å². The van der Waals surface area contributed by atoms with Gasteiger partial charge in [-0.2, -0.15) is 0 Å². The van der Waals surface area contributed by atoms with Gasteiger partial charge in [-0.25, -0.2) is 8.78 Å². The van der Waals surface area contributed by atoms with Crippen LogP contribution >= 0.6 is 0 Å². The molecule has 0 N–H and O–H groups in total. The molecule has 0 aromatic carbocycles. The molecule has 1 spiro atoms. The van der Waals surface area contributed by atoms with Gasteiger partial charge in [0.1, 0.15) is 0 Å². The summed E-state index contributed by atoms with van der Waals surface area (Å²) in [6.45, 7) is 4.01. The van der Waals surface area contributed by atoms with Crippen LogP contribution in [0.2, 0.25) is 0 Å². The Bertz CT molecular complexity index is 192. The molecule has 2 fully saturated rings. The van der Waals surface area contributed by atoms with Crippen LogP contribution in [0.25, 0.3) is 0 Å². The molecule has 2 heterocycles. The molecule has 2 saturated heterocycles. The van der Waals surface area contributed by atoms with Crippen LogP contribution in [0.15, 0.2) is 0 Å². The maximum absolute atomic E-state index is 12.1. The summed E-state index contributed by atoms with van der Waals surface area (Å²) in [7, 11) is 2.13. The van der Waals surface area contributed by atoms with E-state index < -0.39 is 6.43 Å². The molecular formula is C10H18F2N2. The van der Waals surface area contributed by atoms with E-state index in [1.807, 2.05) is 4.90 Å². The summed E-state index contributed by atoms with van der Waals surface area (Å²) < 4.78 is 24.1. The molecule has 2 aliphatic rings. The van der Waals surface area contributed by atoms with Crippen LogP contribution < -0.4 is 0 Å². The van der Waals surface area contributed by atoms with Crippen molar-refractivity contribution >= 4 is 0 Å². The van der Waals surface area contributed by atoms with E-state index >= 15 is 0 Å². The summed E-state index contributed by atoms with van der Waals surface area (Å²) in [6.07, 6.45) is 0.200. The van der Waals surface area contributed by atoms with Crippen LogP contribution in [0.4, 0.5) is 8.78 Å². The van der Waals surface area contributed by atoms with Gasteiger partial charge in [-0.1, -0.05) is 0 Å². The molecule has 0 unspecified atom stereocenters. The van der Waals surface area contributed by atoms with Gasteiger partial charge in [0, 0.05) is 13.1 Å². The molecule has 4 heteroatoms. The number of alkyl halides is 2. The topological polar surface area (TPSA) is 6.48 Å². The van der Waals surface area contributed by atoms with Gasteiger partial charge in [-0.05, 0) is 38.4 Å². The maximum atomic E-state index is 12.1. The molecule has 0 aromatic heterocycles. The van der Waals surface area contributed by atoms with Crippen molar-refractivity contribution in [2.45, 2.75) is 19.3 Å². The average molecular weight is 204 g/mol. The number of piperidine rings is 1. The van der Waals surface area contributed by atoms with Crippen molar-refractivity contribution in [3.63, 3.8) is 0 Å². The molecule has 14 heavy (non-hydrogen) atoms. The minimum Gasteiger partial charge on any atom is -0.306 e. The molecule has 0 aliphatic carbocycles. The van der Waals surface area contributed by atoms with Crippen LogP contribution in [-0.2, 0) is 0 Å². The summed E-state index contributed by atoms with van der Waals surface area (Å²) in [4.78, 5) is 4.21. The Morgan fingerprint density at radius 2 is 1.79 bits per heavy atom. The highest BCUT2D eigenvalue weighted by Gasteiger charge is 2.44. The molecule has 2 rings (SSSR count). The molecule has 82 valence electrons. The van der Waals surface area contributed by atoms with Gasteiger partial charge in [0.2, 0.25) is 0 Å². The van der Waals surface area contributed by atoms with Crippen LogP contribution in [0.5, 0.6) is 0 Å². The first kappa shape index (κ1) is 10.3. The molecule has 0 amide bonds. The van der Waals surface area contributed by atoms with Gasteiger partial charge in [0.25, 0.3) is 6.43 Å². The fourth-order valence-electron chi connectivity index (χ4n) is 2.64. The Balaban J connectivity index is 1.75. The number of hydrogen-bond donors (Lipinski definition) is 0. The molecule has 2 aliphatic heterocycles. The first-order chi connectivity index (χ1) is 6.60. The van der Waals surface area contributed by atoms with E-state index in [0.717, 1.165) is 26.2 Å². The summed E-state index contributed by atoms with van der Waals surface area (Å²) >= 11 is 0. The number of halogens is 2. The van der Waals surface area contributed by atoms with Gasteiger partial charge in [0.05, 0.1) is 6.54 Å². The van der Waals surface area contributed by atoms with Crippen molar-refractivity contribution in [3.8, 4) is 0 Å². The number of likely N-dealkylation sites (tertiary alicyclic amines) is 2. The quantitative estimate of drug-likeness (QED) is 0.668. The second-order valence-electron chi connectivity index (χ2n) is 4.86. The second kappa shape index (κ2) is 3.74. The standard InChI is InChI=1S/C10H18F2N2/c1-13-4-2-10(3-5-13)7-14(8-10)6-9(11)12/h9H,2-8H2,1H3. The van der Waals surface area contributed by atoms with Crippen molar-refractivity contribution in [1.29, 1.82) is 0 Å². The third kappa shape index (κ3) is 2.06. The minimum absolute atomic E-state index is 0.0302. The second-order valence-corrected chi connectivity index (χ2v) is 4.86. The highest BCUT2D eigenvalue weighted by atomic mass is 19.3. The Morgan fingerprint density at radius 1 is 1.21 bits per heavy atom. The molecule has 0 aromatic rings. The third-order valence-electron chi connectivity index (χ3n) is 3.56. The summed E-state index contributed by atoms with van der Waals surface area (Å²) in [6, 6.07) is 0.